The Kier molecular flexibility index (Phi) is 3.72. The van der Waals surface area contributed by atoms with E-state index in [4.69, 9.17) is 4.74 Å². The predicted octanol–water partition coefficient (Wildman–Crippen LogP) is 2.52. The van der Waals surface area contributed by atoms with E-state index in [9.17, 15) is 0 Å². The molecule has 0 bridgehead atoms. The Hall–Kier alpha value is -1.03. The number of hydrogen-bond acceptors (Lipinski definition) is 3. The second kappa shape index (κ2) is 5.08. The highest BCUT2D eigenvalue weighted by molar-refractivity contribution is 5.28. The first-order valence-corrected chi connectivity index (χ1v) is 6.37. The molecule has 1 aromatic heterocycles. The molecule has 17 heavy (non-hydrogen) atoms. The molecular formula is C13H23N3O. The third kappa shape index (κ3) is 3.22. The van der Waals surface area contributed by atoms with Gasteiger partial charge in [0.15, 0.2) is 0 Å². The van der Waals surface area contributed by atoms with E-state index in [1.54, 1.807) is 7.11 Å². The molecule has 1 fully saturated rings. The summed E-state index contributed by atoms with van der Waals surface area (Å²) >= 11 is 0. The highest BCUT2D eigenvalue weighted by Gasteiger charge is 2.31. The fourth-order valence-electron chi connectivity index (χ4n) is 2.56. The summed E-state index contributed by atoms with van der Waals surface area (Å²) in [4.78, 5) is 4.38. The molecule has 0 spiro atoms. The Morgan fingerprint density at radius 3 is 3.06 bits per heavy atom. The van der Waals surface area contributed by atoms with E-state index in [2.05, 4.69) is 28.7 Å². The first kappa shape index (κ1) is 12.4. The van der Waals surface area contributed by atoms with E-state index < -0.39 is 0 Å². The number of anilines is 1. The molecule has 1 saturated carbocycles. The molecular weight excluding hydrogens is 214 g/mol. The first-order valence-electron chi connectivity index (χ1n) is 6.37. The van der Waals surface area contributed by atoms with Crippen molar-refractivity contribution in [2.45, 2.75) is 45.7 Å². The number of methoxy groups -OCH3 is 1. The van der Waals surface area contributed by atoms with Gasteiger partial charge >= 0.3 is 0 Å². The molecule has 0 radical (unpaired) electrons. The van der Waals surface area contributed by atoms with Gasteiger partial charge in [-0.25, -0.2) is 4.98 Å². The number of ether oxygens (including phenoxy) is 1. The lowest BCUT2D eigenvalue weighted by Gasteiger charge is -2.18. The normalized spacial score (nSPS) is 22.9. The lowest BCUT2D eigenvalue weighted by molar-refractivity contribution is 0.187. The van der Waals surface area contributed by atoms with E-state index in [0.717, 1.165) is 19.1 Å². The minimum Gasteiger partial charge on any atom is -0.383 e. The zero-order valence-electron chi connectivity index (χ0n) is 11.1. The molecule has 0 aliphatic heterocycles. The van der Waals surface area contributed by atoms with E-state index in [1.165, 1.54) is 19.3 Å². The monoisotopic (exact) mass is 237 g/mol. The van der Waals surface area contributed by atoms with Crippen LogP contribution >= 0.6 is 0 Å². The van der Waals surface area contributed by atoms with Gasteiger partial charge < -0.3 is 14.6 Å². The predicted molar refractivity (Wildman–Crippen MR) is 69.1 cm³/mol. The van der Waals surface area contributed by atoms with Crippen LogP contribution in [0.15, 0.2) is 12.4 Å². The highest BCUT2D eigenvalue weighted by Crippen LogP contribution is 2.38. The molecule has 2 rings (SSSR count). The Morgan fingerprint density at radius 2 is 2.41 bits per heavy atom. The van der Waals surface area contributed by atoms with Crippen molar-refractivity contribution in [1.82, 2.24) is 9.55 Å². The number of hydrogen-bond donors (Lipinski definition) is 1. The van der Waals surface area contributed by atoms with Gasteiger partial charge in [-0.15, -0.1) is 0 Å². The van der Waals surface area contributed by atoms with E-state index in [0.29, 0.717) is 11.5 Å². The van der Waals surface area contributed by atoms with Crippen molar-refractivity contribution in [2.24, 2.45) is 5.41 Å². The number of nitrogens with one attached hydrogen (secondary N) is 1. The lowest BCUT2D eigenvalue weighted by atomic mass is 9.92. The Bertz CT molecular complexity index is 359. The maximum atomic E-state index is 5.10. The van der Waals surface area contributed by atoms with Crippen LogP contribution in [-0.2, 0) is 11.3 Å². The minimum atomic E-state index is 0.474. The smallest absolute Gasteiger partial charge is 0.203 e. The summed E-state index contributed by atoms with van der Waals surface area (Å²) in [5, 5.41) is 3.55. The van der Waals surface area contributed by atoms with Crippen LogP contribution in [0.4, 0.5) is 5.95 Å². The molecule has 1 N–H and O–H groups in total. The van der Waals surface area contributed by atoms with Crippen LogP contribution in [0.1, 0.15) is 33.1 Å². The van der Waals surface area contributed by atoms with Gasteiger partial charge in [0.05, 0.1) is 6.61 Å². The van der Waals surface area contributed by atoms with Crippen LogP contribution in [0.3, 0.4) is 0 Å². The van der Waals surface area contributed by atoms with Crippen LogP contribution in [0, 0.1) is 5.41 Å². The quantitative estimate of drug-likeness (QED) is 0.855. The molecule has 0 amide bonds. The van der Waals surface area contributed by atoms with Crippen LogP contribution in [0.2, 0.25) is 0 Å². The molecule has 4 heteroatoms. The molecule has 1 heterocycles. The summed E-state index contributed by atoms with van der Waals surface area (Å²) in [7, 11) is 1.73. The number of nitrogens with zero attached hydrogens (tertiary/aromatic N) is 2. The van der Waals surface area contributed by atoms with Crippen molar-refractivity contribution in [1.29, 1.82) is 0 Å². The summed E-state index contributed by atoms with van der Waals surface area (Å²) in [6.07, 6.45) is 7.61. The molecule has 4 nitrogen and oxygen atoms in total. The zero-order chi connectivity index (χ0) is 12.3. The number of imidazole rings is 1. The number of aromatic nitrogens is 2. The van der Waals surface area contributed by atoms with Gasteiger partial charge in [0.2, 0.25) is 5.95 Å². The topological polar surface area (TPSA) is 39.1 Å². The molecule has 0 aromatic carbocycles. The van der Waals surface area contributed by atoms with Gasteiger partial charge in [0.25, 0.3) is 0 Å². The Labute approximate surface area is 103 Å². The average Bonchev–Trinajstić information content (AvgIpc) is 2.83. The second-order valence-corrected chi connectivity index (χ2v) is 5.69. The number of rotatable bonds is 5. The summed E-state index contributed by atoms with van der Waals surface area (Å²) < 4.78 is 7.22. The van der Waals surface area contributed by atoms with Gasteiger partial charge in [-0.3, -0.25) is 0 Å². The molecule has 1 atom stereocenters. The van der Waals surface area contributed by atoms with Crippen molar-refractivity contribution < 1.29 is 4.74 Å². The summed E-state index contributed by atoms with van der Waals surface area (Å²) in [6.45, 7) is 6.26. The summed E-state index contributed by atoms with van der Waals surface area (Å²) in [6, 6.07) is 0.564. The third-order valence-electron chi connectivity index (χ3n) is 3.55. The van der Waals surface area contributed by atoms with Gasteiger partial charge in [-0.05, 0) is 24.7 Å². The molecule has 0 saturated heterocycles. The summed E-state index contributed by atoms with van der Waals surface area (Å²) in [5.41, 5.74) is 0.474. The van der Waals surface area contributed by atoms with Gasteiger partial charge in [0.1, 0.15) is 0 Å². The standard InChI is InChI=1S/C13H23N3O/c1-13(2)5-4-11(10-13)15-12-14-6-7-16(12)8-9-17-3/h6-7,11H,4-5,8-10H2,1-3H3,(H,14,15). The second-order valence-electron chi connectivity index (χ2n) is 5.69. The van der Waals surface area contributed by atoms with Crippen LogP contribution in [0.25, 0.3) is 0 Å². The van der Waals surface area contributed by atoms with Gasteiger partial charge in [0, 0.05) is 32.1 Å². The zero-order valence-corrected chi connectivity index (χ0v) is 11.1. The average molecular weight is 237 g/mol. The van der Waals surface area contributed by atoms with Crippen molar-refractivity contribution in [3.8, 4) is 0 Å². The van der Waals surface area contributed by atoms with Crippen molar-refractivity contribution >= 4 is 5.95 Å². The van der Waals surface area contributed by atoms with E-state index in [-0.39, 0.29) is 0 Å². The van der Waals surface area contributed by atoms with Gasteiger partial charge in [-0.2, -0.15) is 0 Å². The molecule has 96 valence electrons. The van der Waals surface area contributed by atoms with Crippen LogP contribution < -0.4 is 5.32 Å². The minimum absolute atomic E-state index is 0.474. The fraction of sp³-hybridized carbons (Fsp3) is 0.769. The van der Waals surface area contributed by atoms with Gasteiger partial charge in [-0.1, -0.05) is 13.8 Å². The van der Waals surface area contributed by atoms with Crippen molar-refractivity contribution in [3.05, 3.63) is 12.4 Å². The fourth-order valence-corrected chi connectivity index (χ4v) is 2.56. The lowest BCUT2D eigenvalue weighted by Crippen LogP contribution is -2.20. The van der Waals surface area contributed by atoms with Crippen LogP contribution in [-0.4, -0.2) is 29.3 Å². The highest BCUT2D eigenvalue weighted by atomic mass is 16.5. The van der Waals surface area contributed by atoms with Crippen molar-refractivity contribution in [3.63, 3.8) is 0 Å². The molecule has 1 aliphatic carbocycles. The molecule has 1 aromatic rings. The van der Waals surface area contributed by atoms with E-state index in [1.807, 2.05) is 12.4 Å². The Balaban J connectivity index is 1.92. The molecule has 1 unspecified atom stereocenters. The van der Waals surface area contributed by atoms with E-state index >= 15 is 0 Å². The molecule has 1 aliphatic rings. The van der Waals surface area contributed by atoms with Crippen molar-refractivity contribution in [2.75, 3.05) is 19.0 Å². The third-order valence-corrected chi connectivity index (χ3v) is 3.55. The first-order chi connectivity index (χ1) is 8.11. The largest absolute Gasteiger partial charge is 0.383 e. The maximum Gasteiger partial charge on any atom is 0.203 e. The van der Waals surface area contributed by atoms with Crippen LogP contribution in [0.5, 0.6) is 0 Å². The SMILES string of the molecule is COCCn1ccnc1NC1CCC(C)(C)C1. The summed E-state index contributed by atoms with van der Waals surface area (Å²) in [5.74, 6) is 0.977. The maximum absolute atomic E-state index is 5.10. The Morgan fingerprint density at radius 1 is 1.59 bits per heavy atom.